The first-order valence-corrected chi connectivity index (χ1v) is 5.63. The van der Waals surface area contributed by atoms with Crippen LogP contribution in [0.1, 0.15) is 16.7 Å². The van der Waals surface area contributed by atoms with Crippen LogP contribution in [0.5, 0.6) is 0 Å². The van der Waals surface area contributed by atoms with E-state index < -0.39 is 0 Å². The smallest absolute Gasteiger partial charge is 0.126 e. The maximum Gasteiger partial charge on any atom is 0.126 e. The van der Waals surface area contributed by atoms with Gasteiger partial charge in [0.1, 0.15) is 5.82 Å². The van der Waals surface area contributed by atoms with Gasteiger partial charge < -0.3 is 10.4 Å². The molecule has 88 valence electrons. The van der Waals surface area contributed by atoms with Gasteiger partial charge in [0.2, 0.25) is 0 Å². The number of anilines is 1. The largest absolute Gasteiger partial charge is 0.392 e. The predicted molar refractivity (Wildman–Crippen MR) is 68.7 cm³/mol. The first kappa shape index (κ1) is 11.6. The van der Waals surface area contributed by atoms with Crippen molar-refractivity contribution in [3.05, 3.63) is 59.3 Å². The lowest BCUT2D eigenvalue weighted by Crippen LogP contribution is -2.01. The fourth-order valence-corrected chi connectivity index (χ4v) is 1.59. The van der Waals surface area contributed by atoms with Crippen LogP contribution in [0.2, 0.25) is 0 Å². The summed E-state index contributed by atoms with van der Waals surface area (Å²) in [6, 6.07) is 11.9. The molecule has 2 aromatic rings. The minimum Gasteiger partial charge on any atom is -0.392 e. The molecule has 2 N–H and O–H groups in total. The maximum atomic E-state index is 8.94. The van der Waals surface area contributed by atoms with Gasteiger partial charge in [-0.3, -0.25) is 0 Å². The molecule has 0 bridgehead atoms. The molecule has 0 unspecified atom stereocenters. The van der Waals surface area contributed by atoms with Crippen molar-refractivity contribution in [2.75, 3.05) is 5.32 Å². The molecule has 0 aliphatic heterocycles. The van der Waals surface area contributed by atoms with Crippen LogP contribution in [0.4, 0.5) is 5.82 Å². The third kappa shape index (κ3) is 3.29. The molecule has 2 rings (SSSR count). The average Bonchev–Trinajstić information content (AvgIpc) is 2.37. The van der Waals surface area contributed by atoms with E-state index in [1.165, 1.54) is 11.1 Å². The molecule has 17 heavy (non-hydrogen) atoms. The summed E-state index contributed by atoms with van der Waals surface area (Å²) in [6.45, 7) is 2.87. The minimum absolute atomic E-state index is 0.0904. The van der Waals surface area contributed by atoms with Gasteiger partial charge in [-0.05, 0) is 35.7 Å². The topological polar surface area (TPSA) is 45.2 Å². The van der Waals surface area contributed by atoms with Crippen molar-refractivity contribution >= 4 is 5.82 Å². The van der Waals surface area contributed by atoms with Crippen LogP contribution >= 0.6 is 0 Å². The van der Waals surface area contributed by atoms with Crippen LogP contribution < -0.4 is 5.32 Å². The Balaban J connectivity index is 1.97. The molecule has 0 aliphatic carbocycles. The normalized spacial score (nSPS) is 10.2. The zero-order chi connectivity index (χ0) is 12.1. The molecule has 0 spiro atoms. The number of aromatic nitrogens is 1. The van der Waals surface area contributed by atoms with Gasteiger partial charge in [-0.25, -0.2) is 4.98 Å². The Morgan fingerprint density at radius 1 is 1.12 bits per heavy atom. The van der Waals surface area contributed by atoms with Gasteiger partial charge in [-0.15, -0.1) is 0 Å². The molecule has 3 nitrogen and oxygen atoms in total. The molecule has 0 fully saturated rings. The average molecular weight is 228 g/mol. The summed E-state index contributed by atoms with van der Waals surface area (Å²) < 4.78 is 0. The summed E-state index contributed by atoms with van der Waals surface area (Å²) in [5.74, 6) is 0.885. The lowest BCUT2D eigenvalue weighted by molar-refractivity contribution is 0.282. The number of benzene rings is 1. The van der Waals surface area contributed by atoms with Crippen molar-refractivity contribution in [3.8, 4) is 0 Å². The summed E-state index contributed by atoms with van der Waals surface area (Å²) in [6.07, 6.45) is 1.80. The van der Waals surface area contributed by atoms with Gasteiger partial charge in [0, 0.05) is 12.7 Å². The van der Waals surface area contributed by atoms with Crippen LogP contribution in [0.15, 0.2) is 42.6 Å². The number of nitrogens with one attached hydrogen (secondary N) is 1. The quantitative estimate of drug-likeness (QED) is 0.845. The van der Waals surface area contributed by atoms with Crippen LogP contribution in [-0.4, -0.2) is 10.1 Å². The van der Waals surface area contributed by atoms with Crippen LogP contribution in [0.3, 0.4) is 0 Å². The fraction of sp³-hybridized carbons (Fsp3) is 0.214. The Morgan fingerprint density at radius 3 is 2.47 bits per heavy atom. The molecule has 1 aromatic heterocycles. The highest BCUT2D eigenvalue weighted by Gasteiger charge is 1.96. The first-order chi connectivity index (χ1) is 8.28. The molecule has 0 atom stereocenters. The Bertz CT molecular complexity index is 480. The Labute approximate surface area is 101 Å². The standard InChI is InChI=1S/C14H16N2O/c1-11-6-7-15-14(8-11)16-9-12-2-4-13(10-17)5-3-12/h2-8,17H,9-10H2,1H3,(H,15,16). The SMILES string of the molecule is Cc1ccnc(NCc2ccc(CO)cc2)c1. The van der Waals surface area contributed by atoms with Gasteiger partial charge in [0.05, 0.1) is 6.61 Å². The third-order valence-electron chi connectivity index (χ3n) is 2.59. The second-order valence-corrected chi connectivity index (χ2v) is 4.05. The third-order valence-corrected chi connectivity index (χ3v) is 2.59. The van der Waals surface area contributed by atoms with Crippen molar-refractivity contribution < 1.29 is 5.11 Å². The van der Waals surface area contributed by atoms with Crippen LogP contribution in [0.25, 0.3) is 0 Å². The fourth-order valence-electron chi connectivity index (χ4n) is 1.59. The summed E-state index contributed by atoms with van der Waals surface area (Å²) in [5.41, 5.74) is 3.30. The zero-order valence-electron chi connectivity index (χ0n) is 9.85. The number of nitrogens with zero attached hydrogens (tertiary/aromatic N) is 1. The van der Waals surface area contributed by atoms with Gasteiger partial charge >= 0.3 is 0 Å². The van der Waals surface area contributed by atoms with Gasteiger partial charge in [-0.1, -0.05) is 24.3 Å². The zero-order valence-corrected chi connectivity index (χ0v) is 9.85. The Kier molecular flexibility index (Phi) is 3.73. The minimum atomic E-state index is 0.0904. The van der Waals surface area contributed by atoms with E-state index in [1.54, 1.807) is 6.20 Å². The molecule has 1 aromatic carbocycles. The number of aliphatic hydroxyl groups excluding tert-OH is 1. The van der Waals surface area contributed by atoms with Crippen molar-refractivity contribution in [3.63, 3.8) is 0 Å². The van der Waals surface area contributed by atoms with E-state index in [-0.39, 0.29) is 6.61 Å². The molecule has 0 saturated heterocycles. The molecular formula is C14H16N2O. The number of aryl methyl sites for hydroxylation is 1. The van der Waals surface area contributed by atoms with Gasteiger partial charge in [-0.2, -0.15) is 0 Å². The van der Waals surface area contributed by atoms with E-state index in [0.717, 1.165) is 17.9 Å². The van der Waals surface area contributed by atoms with Gasteiger partial charge in [0.15, 0.2) is 0 Å². The lowest BCUT2D eigenvalue weighted by Gasteiger charge is -2.06. The summed E-state index contributed by atoms with van der Waals surface area (Å²) in [4.78, 5) is 4.24. The first-order valence-electron chi connectivity index (χ1n) is 5.63. The highest BCUT2D eigenvalue weighted by atomic mass is 16.3. The molecule has 0 radical (unpaired) electrons. The Morgan fingerprint density at radius 2 is 1.82 bits per heavy atom. The molecule has 0 aliphatic rings. The van der Waals surface area contributed by atoms with Crippen molar-refractivity contribution in [2.45, 2.75) is 20.1 Å². The highest BCUT2D eigenvalue weighted by molar-refractivity contribution is 5.38. The molecular weight excluding hydrogens is 212 g/mol. The van der Waals surface area contributed by atoms with E-state index in [9.17, 15) is 0 Å². The van der Waals surface area contributed by atoms with E-state index in [0.29, 0.717) is 0 Å². The lowest BCUT2D eigenvalue weighted by atomic mass is 10.1. The summed E-state index contributed by atoms with van der Waals surface area (Å²) in [7, 11) is 0. The Hall–Kier alpha value is -1.87. The summed E-state index contributed by atoms with van der Waals surface area (Å²) in [5, 5.41) is 12.2. The molecule has 1 heterocycles. The van der Waals surface area contributed by atoms with E-state index in [2.05, 4.69) is 10.3 Å². The molecule has 3 heteroatoms. The van der Waals surface area contributed by atoms with Gasteiger partial charge in [0.25, 0.3) is 0 Å². The number of pyridine rings is 1. The van der Waals surface area contributed by atoms with Crippen molar-refractivity contribution in [1.82, 2.24) is 4.98 Å². The second kappa shape index (κ2) is 5.46. The number of hydrogen-bond donors (Lipinski definition) is 2. The van der Waals surface area contributed by atoms with E-state index >= 15 is 0 Å². The van der Waals surface area contributed by atoms with Crippen LogP contribution in [-0.2, 0) is 13.2 Å². The number of aliphatic hydroxyl groups is 1. The predicted octanol–water partition coefficient (Wildman–Crippen LogP) is 2.49. The molecule has 0 saturated carbocycles. The highest BCUT2D eigenvalue weighted by Crippen LogP contribution is 2.09. The monoisotopic (exact) mass is 228 g/mol. The number of hydrogen-bond acceptors (Lipinski definition) is 3. The van der Waals surface area contributed by atoms with Crippen molar-refractivity contribution in [2.24, 2.45) is 0 Å². The van der Waals surface area contributed by atoms with E-state index in [1.807, 2.05) is 43.3 Å². The van der Waals surface area contributed by atoms with Crippen molar-refractivity contribution in [1.29, 1.82) is 0 Å². The summed E-state index contributed by atoms with van der Waals surface area (Å²) >= 11 is 0. The second-order valence-electron chi connectivity index (χ2n) is 4.05. The number of rotatable bonds is 4. The van der Waals surface area contributed by atoms with Crippen LogP contribution in [0, 0.1) is 6.92 Å². The molecule has 0 amide bonds. The maximum absolute atomic E-state index is 8.94. The van der Waals surface area contributed by atoms with E-state index in [4.69, 9.17) is 5.11 Å².